The minimum atomic E-state index is -0.940. The van der Waals surface area contributed by atoms with Crippen molar-refractivity contribution in [3.8, 4) is 0 Å². The van der Waals surface area contributed by atoms with Crippen LogP contribution in [0.2, 0.25) is 0 Å². The second-order valence-corrected chi connectivity index (χ2v) is 3.82. The highest BCUT2D eigenvalue weighted by molar-refractivity contribution is 5.06. The molecule has 5 nitrogen and oxygen atoms in total. The summed E-state index contributed by atoms with van der Waals surface area (Å²) in [6.45, 7) is 0.451. The third kappa shape index (κ3) is 1.19. The van der Waals surface area contributed by atoms with Crippen LogP contribution in [-0.2, 0) is 0 Å². The van der Waals surface area contributed by atoms with Crippen LogP contribution >= 0.6 is 0 Å². The van der Waals surface area contributed by atoms with Crippen molar-refractivity contribution in [2.75, 3.05) is 13.2 Å². The number of aliphatic hydroxyl groups is 4. The zero-order valence-electron chi connectivity index (χ0n) is 7.24. The van der Waals surface area contributed by atoms with Crippen molar-refractivity contribution in [2.24, 2.45) is 0 Å². The van der Waals surface area contributed by atoms with E-state index in [2.05, 4.69) is 0 Å². The summed E-state index contributed by atoms with van der Waals surface area (Å²) in [5.41, 5.74) is 0. The van der Waals surface area contributed by atoms with Crippen LogP contribution in [0.1, 0.15) is 6.42 Å². The van der Waals surface area contributed by atoms with Crippen molar-refractivity contribution in [1.29, 1.82) is 0 Å². The van der Waals surface area contributed by atoms with Crippen molar-refractivity contribution in [2.45, 2.75) is 36.8 Å². The number of fused-ring (bicyclic) bond motifs is 1. The molecule has 2 saturated heterocycles. The molecule has 13 heavy (non-hydrogen) atoms. The molecule has 2 fully saturated rings. The molecular weight excluding hydrogens is 174 g/mol. The smallest absolute Gasteiger partial charge is 0.0995 e. The molecule has 0 amide bonds. The molecule has 4 N–H and O–H groups in total. The number of hydrogen-bond acceptors (Lipinski definition) is 5. The lowest BCUT2D eigenvalue weighted by atomic mass is 10.0. The average Bonchev–Trinajstić information content (AvgIpc) is 2.57. The second kappa shape index (κ2) is 3.18. The van der Waals surface area contributed by atoms with Gasteiger partial charge in [0.05, 0.1) is 37.0 Å². The van der Waals surface area contributed by atoms with Gasteiger partial charge in [-0.1, -0.05) is 0 Å². The van der Waals surface area contributed by atoms with E-state index in [1.165, 1.54) is 0 Å². The van der Waals surface area contributed by atoms with Gasteiger partial charge in [-0.15, -0.1) is 0 Å². The van der Waals surface area contributed by atoms with E-state index in [1.807, 2.05) is 0 Å². The van der Waals surface area contributed by atoms with Gasteiger partial charge in [-0.25, -0.2) is 0 Å². The van der Waals surface area contributed by atoms with E-state index in [1.54, 1.807) is 4.90 Å². The van der Waals surface area contributed by atoms with E-state index in [0.29, 0.717) is 13.0 Å². The van der Waals surface area contributed by atoms with Gasteiger partial charge >= 0.3 is 0 Å². The first kappa shape index (κ1) is 9.36. The molecule has 5 heteroatoms. The third-order valence-electron chi connectivity index (χ3n) is 3.17. The van der Waals surface area contributed by atoms with Crippen LogP contribution < -0.4 is 0 Å². The number of aliphatic hydroxyl groups excluding tert-OH is 4. The Morgan fingerprint density at radius 3 is 2.46 bits per heavy atom. The maximum absolute atomic E-state index is 9.58. The summed E-state index contributed by atoms with van der Waals surface area (Å²) in [5, 5.41) is 37.6. The zero-order valence-corrected chi connectivity index (χ0v) is 7.24. The van der Waals surface area contributed by atoms with E-state index >= 15 is 0 Å². The van der Waals surface area contributed by atoms with Crippen LogP contribution in [0.5, 0.6) is 0 Å². The van der Waals surface area contributed by atoms with Crippen LogP contribution in [0.3, 0.4) is 0 Å². The van der Waals surface area contributed by atoms with Crippen molar-refractivity contribution in [3.05, 3.63) is 0 Å². The minimum absolute atomic E-state index is 0.179. The first-order valence-corrected chi connectivity index (χ1v) is 4.57. The van der Waals surface area contributed by atoms with Gasteiger partial charge in [0.2, 0.25) is 0 Å². The minimum Gasteiger partial charge on any atom is -0.395 e. The molecule has 0 radical (unpaired) electrons. The van der Waals surface area contributed by atoms with Gasteiger partial charge in [-0.3, -0.25) is 4.90 Å². The summed E-state index contributed by atoms with van der Waals surface area (Å²) >= 11 is 0. The molecular formula is C8H15NO4. The normalized spacial score (nSPS) is 51.2. The average molecular weight is 189 g/mol. The molecule has 2 aliphatic heterocycles. The standard InChI is InChI=1S/C8H15NO4/c10-3-4-7(12)8(13)6-5(11)1-2-9(4)6/h4-8,10-13H,1-3H2/t4-,5-,6-,7+,8+/m0/s1. The highest BCUT2D eigenvalue weighted by atomic mass is 16.3. The number of rotatable bonds is 1. The first-order chi connectivity index (χ1) is 6.16. The molecule has 2 heterocycles. The van der Waals surface area contributed by atoms with E-state index in [9.17, 15) is 15.3 Å². The lowest BCUT2D eigenvalue weighted by Gasteiger charge is -2.22. The summed E-state index contributed by atoms with van der Waals surface area (Å²) < 4.78 is 0. The second-order valence-electron chi connectivity index (χ2n) is 3.82. The van der Waals surface area contributed by atoms with Crippen LogP contribution in [0.15, 0.2) is 0 Å². The van der Waals surface area contributed by atoms with Gasteiger partial charge < -0.3 is 20.4 Å². The predicted octanol–water partition coefficient (Wildman–Crippen LogP) is -2.48. The molecule has 0 aromatic rings. The molecule has 76 valence electrons. The fraction of sp³-hybridized carbons (Fsp3) is 1.00. The number of hydrogen-bond donors (Lipinski definition) is 4. The van der Waals surface area contributed by atoms with E-state index < -0.39 is 30.4 Å². The molecule has 0 bridgehead atoms. The molecule has 0 aliphatic carbocycles. The largest absolute Gasteiger partial charge is 0.395 e. The summed E-state index contributed by atoms with van der Waals surface area (Å²) in [6, 6.07) is -0.815. The lowest BCUT2D eigenvalue weighted by Crippen LogP contribution is -2.39. The summed E-state index contributed by atoms with van der Waals surface area (Å²) in [4.78, 5) is 1.79. The molecule has 0 unspecified atom stereocenters. The Morgan fingerprint density at radius 1 is 1.15 bits per heavy atom. The van der Waals surface area contributed by atoms with Crippen LogP contribution in [-0.4, -0.2) is 68.9 Å². The fourth-order valence-corrected chi connectivity index (χ4v) is 2.47. The van der Waals surface area contributed by atoms with Gasteiger partial charge in [-0.05, 0) is 6.42 Å². The van der Waals surface area contributed by atoms with Crippen LogP contribution in [0, 0.1) is 0 Å². The zero-order chi connectivity index (χ0) is 9.59. The van der Waals surface area contributed by atoms with Gasteiger partial charge in [0.15, 0.2) is 0 Å². The highest BCUT2D eigenvalue weighted by Crippen LogP contribution is 2.33. The van der Waals surface area contributed by atoms with Crippen LogP contribution in [0.4, 0.5) is 0 Å². The first-order valence-electron chi connectivity index (χ1n) is 4.57. The predicted molar refractivity (Wildman–Crippen MR) is 44.0 cm³/mol. The summed E-state index contributed by atoms with van der Waals surface area (Å²) in [5.74, 6) is 0. The van der Waals surface area contributed by atoms with Gasteiger partial charge in [0.1, 0.15) is 0 Å². The molecule has 0 aromatic carbocycles. The Kier molecular flexibility index (Phi) is 2.29. The maximum Gasteiger partial charge on any atom is 0.0995 e. The number of nitrogens with zero attached hydrogens (tertiary/aromatic N) is 1. The summed E-state index contributed by atoms with van der Waals surface area (Å²) in [6.07, 6.45) is -1.86. The third-order valence-corrected chi connectivity index (χ3v) is 3.17. The quantitative estimate of drug-likeness (QED) is 0.367. The molecule has 2 aliphatic rings. The van der Waals surface area contributed by atoms with Gasteiger partial charge in [0, 0.05) is 6.54 Å². The molecule has 0 saturated carbocycles. The van der Waals surface area contributed by atoms with Crippen molar-refractivity contribution in [3.63, 3.8) is 0 Å². The van der Waals surface area contributed by atoms with Crippen molar-refractivity contribution >= 4 is 0 Å². The Bertz CT molecular complexity index is 201. The lowest BCUT2D eigenvalue weighted by molar-refractivity contribution is -0.000895. The van der Waals surface area contributed by atoms with Crippen LogP contribution in [0.25, 0.3) is 0 Å². The SMILES string of the molecule is OC[C@H]1[C@@H](O)[C@H](O)[C@@H]2[C@@H](O)CCN21. The van der Waals surface area contributed by atoms with Gasteiger partial charge in [0.25, 0.3) is 0 Å². The van der Waals surface area contributed by atoms with E-state index in [-0.39, 0.29) is 6.61 Å². The molecule has 2 rings (SSSR count). The maximum atomic E-state index is 9.58. The summed E-state index contributed by atoms with van der Waals surface area (Å²) in [7, 11) is 0. The Balaban J connectivity index is 2.19. The van der Waals surface area contributed by atoms with E-state index in [0.717, 1.165) is 0 Å². The Labute approximate surface area is 76.2 Å². The van der Waals surface area contributed by atoms with Crippen molar-refractivity contribution in [1.82, 2.24) is 4.90 Å². The molecule has 0 spiro atoms. The Hall–Kier alpha value is -0.200. The topological polar surface area (TPSA) is 84.2 Å². The van der Waals surface area contributed by atoms with Crippen molar-refractivity contribution < 1.29 is 20.4 Å². The molecule has 5 atom stereocenters. The highest BCUT2D eigenvalue weighted by Gasteiger charge is 2.52. The van der Waals surface area contributed by atoms with E-state index in [4.69, 9.17) is 5.11 Å². The Morgan fingerprint density at radius 2 is 1.85 bits per heavy atom. The fourth-order valence-electron chi connectivity index (χ4n) is 2.47. The molecule has 0 aromatic heterocycles. The van der Waals surface area contributed by atoms with Gasteiger partial charge in [-0.2, -0.15) is 0 Å². The monoisotopic (exact) mass is 189 g/mol.